The third kappa shape index (κ3) is 4.05. The van der Waals surface area contributed by atoms with E-state index in [4.69, 9.17) is 0 Å². The van der Waals surface area contributed by atoms with E-state index < -0.39 is 10.0 Å². The van der Waals surface area contributed by atoms with Crippen molar-refractivity contribution in [2.24, 2.45) is 0 Å². The molecule has 4 nitrogen and oxygen atoms in total. The van der Waals surface area contributed by atoms with Crippen molar-refractivity contribution in [1.82, 2.24) is 10.0 Å². The van der Waals surface area contributed by atoms with E-state index in [9.17, 15) is 8.42 Å². The molecule has 3 rings (SSSR count). The van der Waals surface area contributed by atoms with Gasteiger partial charge in [0.15, 0.2) is 0 Å². The molecule has 1 aromatic rings. The molecule has 0 atom stereocenters. The van der Waals surface area contributed by atoms with E-state index in [1.165, 1.54) is 30.4 Å². The van der Waals surface area contributed by atoms with E-state index in [1.807, 2.05) is 12.1 Å². The van der Waals surface area contributed by atoms with Crippen LogP contribution in [0.4, 0.5) is 0 Å². The fourth-order valence-electron chi connectivity index (χ4n) is 2.85. The highest BCUT2D eigenvalue weighted by atomic mass is 32.2. The largest absolute Gasteiger partial charge is 0.314 e. The van der Waals surface area contributed by atoms with Crippen molar-refractivity contribution >= 4 is 10.0 Å². The zero-order valence-corrected chi connectivity index (χ0v) is 13.2. The first kappa shape index (κ1) is 15.0. The molecular weight excluding hydrogens is 284 g/mol. The van der Waals surface area contributed by atoms with Crippen molar-refractivity contribution in [2.75, 3.05) is 13.1 Å². The van der Waals surface area contributed by atoms with Gasteiger partial charge in [-0.25, -0.2) is 13.1 Å². The Kier molecular flexibility index (Phi) is 4.62. The second kappa shape index (κ2) is 6.46. The van der Waals surface area contributed by atoms with Crippen LogP contribution in [0.3, 0.4) is 0 Å². The molecule has 116 valence electrons. The summed E-state index contributed by atoms with van der Waals surface area (Å²) in [4.78, 5) is 0.415. The van der Waals surface area contributed by atoms with Crippen LogP contribution in [0.2, 0.25) is 0 Å². The lowest BCUT2D eigenvalue weighted by molar-refractivity contribution is 0.573. The average Bonchev–Trinajstić information content (AvgIpc) is 3.30. The van der Waals surface area contributed by atoms with Crippen molar-refractivity contribution in [3.63, 3.8) is 0 Å². The summed E-state index contributed by atoms with van der Waals surface area (Å²) in [5, 5.41) is 3.39. The second-order valence-corrected chi connectivity index (χ2v) is 7.88. The highest BCUT2D eigenvalue weighted by Gasteiger charge is 2.20. The Bertz CT molecular complexity index is 594. The molecule has 2 aliphatic carbocycles. The number of rotatable bonds is 7. The molecule has 2 N–H and O–H groups in total. The molecule has 0 bridgehead atoms. The third-order valence-corrected chi connectivity index (χ3v) is 5.74. The highest BCUT2D eigenvalue weighted by molar-refractivity contribution is 7.89. The summed E-state index contributed by atoms with van der Waals surface area (Å²) in [6, 6.07) is 6.27. The number of hydrogen-bond donors (Lipinski definition) is 2. The quantitative estimate of drug-likeness (QED) is 0.757. The number of sulfonamides is 1. The van der Waals surface area contributed by atoms with Crippen LogP contribution in [0.25, 0.3) is 0 Å². The molecule has 1 fully saturated rings. The summed E-state index contributed by atoms with van der Waals surface area (Å²) in [5.74, 6) is 0. The molecule has 0 aromatic heterocycles. The zero-order valence-electron chi connectivity index (χ0n) is 12.4. The van der Waals surface area contributed by atoms with Crippen LogP contribution in [0, 0.1) is 0 Å². The Hall–Kier alpha value is -0.910. The Balaban J connectivity index is 1.55. The number of nitrogens with one attached hydrogen (secondary N) is 2. The van der Waals surface area contributed by atoms with Crippen LogP contribution >= 0.6 is 0 Å². The predicted octanol–water partition coefficient (Wildman–Crippen LogP) is 1.99. The van der Waals surface area contributed by atoms with Crippen molar-refractivity contribution in [3.8, 4) is 0 Å². The maximum atomic E-state index is 12.3. The van der Waals surface area contributed by atoms with Crippen LogP contribution in [0.15, 0.2) is 23.1 Å². The Morgan fingerprint density at radius 1 is 1.05 bits per heavy atom. The minimum absolute atomic E-state index is 0.415. The van der Waals surface area contributed by atoms with Gasteiger partial charge in [-0.15, -0.1) is 0 Å². The minimum atomic E-state index is -3.36. The highest BCUT2D eigenvalue weighted by Crippen LogP contribution is 2.24. The average molecular weight is 308 g/mol. The molecule has 21 heavy (non-hydrogen) atoms. The lowest BCUT2D eigenvalue weighted by Gasteiger charge is -2.16. The Morgan fingerprint density at radius 2 is 1.81 bits per heavy atom. The molecule has 0 spiro atoms. The first-order valence-electron chi connectivity index (χ1n) is 8.00. The summed E-state index contributed by atoms with van der Waals surface area (Å²) < 4.78 is 27.3. The number of benzene rings is 1. The van der Waals surface area contributed by atoms with Gasteiger partial charge in [0.2, 0.25) is 10.0 Å². The molecule has 1 aromatic carbocycles. The van der Waals surface area contributed by atoms with E-state index in [1.54, 1.807) is 6.07 Å². The van der Waals surface area contributed by atoms with E-state index in [0.29, 0.717) is 17.5 Å². The van der Waals surface area contributed by atoms with Crippen molar-refractivity contribution in [2.45, 2.75) is 55.9 Å². The molecule has 0 unspecified atom stereocenters. The van der Waals surface area contributed by atoms with Crippen molar-refractivity contribution in [1.29, 1.82) is 0 Å². The van der Waals surface area contributed by atoms with Gasteiger partial charge in [0.1, 0.15) is 0 Å². The fraction of sp³-hybridized carbons (Fsp3) is 0.625. The molecule has 0 heterocycles. The van der Waals surface area contributed by atoms with Gasteiger partial charge >= 0.3 is 0 Å². The van der Waals surface area contributed by atoms with Crippen molar-refractivity contribution < 1.29 is 8.42 Å². The molecule has 0 saturated heterocycles. The topological polar surface area (TPSA) is 58.2 Å². The Labute approximate surface area is 127 Å². The fourth-order valence-corrected chi connectivity index (χ4v) is 3.97. The number of hydrogen-bond acceptors (Lipinski definition) is 3. The van der Waals surface area contributed by atoms with Gasteiger partial charge in [0.05, 0.1) is 4.90 Å². The summed E-state index contributed by atoms with van der Waals surface area (Å²) in [7, 11) is -3.36. The molecule has 0 amide bonds. The summed E-state index contributed by atoms with van der Waals surface area (Å²) in [6.07, 6.45) is 7.82. The number of aryl methyl sites for hydroxylation is 2. The summed E-state index contributed by atoms with van der Waals surface area (Å²) in [6.45, 7) is 1.39. The molecule has 5 heteroatoms. The maximum absolute atomic E-state index is 12.3. The van der Waals surface area contributed by atoms with Crippen LogP contribution < -0.4 is 10.0 Å². The second-order valence-electron chi connectivity index (χ2n) is 6.12. The molecule has 1 saturated carbocycles. The monoisotopic (exact) mass is 308 g/mol. The normalized spacial score (nSPS) is 18.5. The van der Waals surface area contributed by atoms with Gasteiger partial charge in [-0.05, 0) is 74.8 Å². The molecule has 0 aliphatic heterocycles. The minimum Gasteiger partial charge on any atom is -0.314 e. The van der Waals surface area contributed by atoms with Crippen LogP contribution in [-0.2, 0) is 22.9 Å². The van der Waals surface area contributed by atoms with Gasteiger partial charge in [0.25, 0.3) is 0 Å². The lowest BCUT2D eigenvalue weighted by Crippen LogP contribution is -2.28. The van der Waals surface area contributed by atoms with Gasteiger partial charge in [0, 0.05) is 12.6 Å². The molecule has 0 radical (unpaired) electrons. The van der Waals surface area contributed by atoms with Crippen LogP contribution in [-0.4, -0.2) is 27.5 Å². The summed E-state index contributed by atoms with van der Waals surface area (Å²) >= 11 is 0. The van der Waals surface area contributed by atoms with Gasteiger partial charge in [-0.1, -0.05) is 6.07 Å². The van der Waals surface area contributed by atoms with Gasteiger partial charge in [-0.3, -0.25) is 0 Å². The predicted molar refractivity (Wildman–Crippen MR) is 83.9 cm³/mol. The molecular formula is C16H24N2O2S. The maximum Gasteiger partial charge on any atom is 0.240 e. The van der Waals surface area contributed by atoms with Gasteiger partial charge < -0.3 is 5.32 Å². The van der Waals surface area contributed by atoms with Gasteiger partial charge in [-0.2, -0.15) is 0 Å². The Morgan fingerprint density at radius 3 is 2.57 bits per heavy atom. The zero-order chi connectivity index (χ0) is 14.7. The smallest absolute Gasteiger partial charge is 0.240 e. The van der Waals surface area contributed by atoms with Crippen molar-refractivity contribution in [3.05, 3.63) is 29.3 Å². The van der Waals surface area contributed by atoms with E-state index in [-0.39, 0.29) is 0 Å². The van der Waals surface area contributed by atoms with Crippen LogP contribution in [0.5, 0.6) is 0 Å². The first-order valence-corrected chi connectivity index (χ1v) is 9.48. The lowest BCUT2D eigenvalue weighted by atomic mass is 9.92. The SMILES string of the molecule is O=S(=O)(NCCCNC1CC1)c1ccc2c(c1)CCCC2. The number of fused-ring (bicyclic) bond motifs is 1. The third-order valence-electron chi connectivity index (χ3n) is 4.29. The first-order chi connectivity index (χ1) is 10.1. The standard InChI is InChI=1S/C16H24N2O2S/c19-21(20,18-11-3-10-17-15-7-8-15)16-9-6-13-4-1-2-5-14(13)12-16/h6,9,12,15,17-18H,1-5,7-8,10-11H2. The van der Waals surface area contributed by atoms with Crippen LogP contribution in [0.1, 0.15) is 43.2 Å². The molecule has 2 aliphatic rings. The summed E-state index contributed by atoms with van der Waals surface area (Å²) in [5.41, 5.74) is 2.52. The van der Waals surface area contributed by atoms with E-state index in [0.717, 1.165) is 32.2 Å². The van der Waals surface area contributed by atoms with E-state index in [2.05, 4.69) is 10.0 Å². The van der Waals surface area contributed by atoms with E-state index >= 15 is 0 Å².